The summed E-state index contributed by atoms with van der Waals surface area (Å²) in [5, 5.41) is 4.58. The van der Waals surface area contributed by atoms with Crippen LogP contribution in [0.3, 0.4) is 0 Å². The van der Waals surface area contributed by atoms with Crippen LogP contribution in [0, 0.1) is 0 Å². The van der Waals surface area contributed by atoms with Crippen LogP contribution in [-0.4, -0.2) is 22.1 Å². The Labute approximate surface area is 139 Å². The SMILES string of the molecule is CCC(CBr)(CBr)NC(=O)c1ccc(C(C)(C)C)cc1. The van der Waals surface area contributed by atoms with Crippen LogP contribution < -0.4 is 5.32 Å². The van der Waals surface area contributed by atoms with Gasteiger partial charge in [-0.1, -0.05) is 71.7 Å². The lowest BCUT2D eigenvalue weighted by atomic mass is 9.86. The van der Waals surface area contributed by atoms with Crippen molar-refractivity contribution in [1.29, 1.82) is 0 Å². The number of amides is 1. The van der Waals surface area contributed by atoms with Gasteiger partial charge in [0.05, 0.1) is 5.54 Å². The highest BCUT2D eigenvalue weighted by atomic mass is 79.9. The van der Waals surface area contributed by atoms with Crippen LogP contribution >= 0.6 is 31.9 Å². The Balaban J connectivity index is 2.88. The van der Waals surface area contributed by atoms with Crippen molar-refractivity contribution in [2.75, 3.05) is 10.7 Å². The molecule has 0 aliphatic heterocycles. The maximum Gasteiger partial charge on any atom is 0.251 e. The van der Waals surface area contributed by atoms with Crippen molar-refractivity contribution in [1.82, 2.24) is 5.32 Å². The summed E-state index contributed by atoms with van der Waals surface area (Å²) < 4.78 is 0. The molecule has 1 amide bonds. The molecule has 1 aromatic carbocycles. The van der Waals surface area contributed by atoms with Gasteiger partial charge in [-0.15, -0.1) is 0 Å². The maximum atomic E-state index is 12.3. The number of halogens is 2. The molecule has 1 aromatic rings. The van der Waals surface area contributed by atoms with Crippen LogP contribution in [-0.2, 0) is 5.41 Å². The number of carbonyl (C=O) groups is 1. The van der Waals surface area contributed by atoms with Crippen LogP contribution in [0.1, 0.15) is 50.0 Å². The molecule has 0 aromatic heterocycles. The Bertz CT molecular complexity index is 436. The zero-order chi connectivity index (χ0) is 15.4. The first-order valence-electron chi connectivity index (χ1n) is 6.83. The van der Waals surface area contributed by atoms with E-state index in [9.17, 15) is 4.79 Å². The van der Waals surface area contributed by atoms with E-state index in [1.54, 1.807) is 0 Å². The van der Waals surface area contributed by atoms with Crippen LogP contribution in [0.15, 0.2) is 24.3 Å². The molecule has 1 N–H and O–H groups in total. The Morgan fingerprint density at radius 3 is 1.95 bits per heavy atom. The molecule has 20 heavy (non-hydrogen) atoms. The van der Waals surface area contributed by atoms with E-state index in [1.807, 2.05) is 24.3 Å². The summed E-state index contributed by atoms with van der Waals surface area (Å²) in [6.07, 6.45) is 0.870. The molecular weight excluding hydrogens is 382 g/mol. The average molecular weight is 405 g/mol. The molecule has 0 saturated heterocycles. The highest BCUT2D eigenvalue weighted by Gasteiger charge is 2.28. The zero-order valence-electron chi connectivity index (χ0n) is 12.6. The molecule has 0 heterocycles. The summed E-state index contributed by atoms with van der Waals surface area (Å²) in [6.45, 7) is 8.57. The van der Waals surface area contributed by atoms with Gasteiger partial charge in [0.1, 0.15) is 0 Å². The molecule has 0 bridgehead atoms. The number of nitrogens with one attached hydrogen (secondary N) is 1. The fourth-order valence-electron chi connectivity index (χ4n) is 1.81. The second kappa shape index (κ2) is 7.08. The summed E-state index contributed by atoms with van der Waals surface area (Å²) in [5.74, 6) is -0.0220. The van der Waals surface area contributed by atoms with E-state index in [0.29, 0.717) is 5.56 Å². The van der Waals surface area contributed by atoms with Gasteiger partial charge in [0.15, 0.2) is 0 Å². The second-order valence-corrected chi connectivity index (χ2v) is 7.30. The quantitative estimate of drug-likeness (QED) is 0.710. The molecule has 0 spiro atoms. The number of hydrogen-bond donors (Lipinski definition) is 1. The van der Waals surface area contributed by atoms with Gasteiger partial charge in [-0.05, 0) is 29.5 Å². The molecule has 0 saturated carbocycles. The molecule has 0 atom stereocenters. The lowest BCUT2D eigenvalue weighted by Crippen LogP contribution is -2.51. The first kappa shape index (κ1) is 17.7. The number of carbonyl (C=O) groups excluding carboxylic acids is 1. The number of benzene rings is 1. The zero-order valence-corrected chi connectivity index (χ0v) is 15.8. The predicted octanol–water partition coefficient (Wildman–Crippen LogP) is 4.65. The van der Waals surface area contributed by atoms with Crippen molar-refractivity contribution in [3.8, 4) is 0 Å². The summed E-state index contributed by atoms with van der Waals surface area (Å²) in [6, 6.07) is 7.87. The monoisotopic (exact) mass is 403 g/mol. The molecule has 1 rings (SSSR count). The fourth-order valence-corrected chi connectivity index (χ4v) is 3.82. The van der Waals surface area contributed by atoms with Crippen molar-refractivity contribution >= 4 is 37.8 Å². The third-order valence-electron chi connectivity index (χ3n) is 3.58. The molecule has 2 nitrogen and oxygen atoms in total. The van der Waals surface area contributed by atoms with Gasteiger partial charge >= 0.3 is 0 Å². The molecule has 112 valence electrons. The van der Waals surface area contributed by atoms with Crippen molar-refractivity contribution in [2.45, 2.75) is 45.1 Å². The molecule has 0 aliphatic carbocycles. The summed E-state index contributed by atoms with van der Waals surface area (Å²) in [5.41, 5.74) is 1.81. The molecule has 0 unspecified atom stereocenters. The van der Waals surface area contributed by atoms with E-state index in [1.165, 1.54) is 5.56 Å². The smallest absolute Gasteiger partial charge is 0.251 e. The van der Waals surface area contributed by atoms with Gasteiger partial charge in [0.25, 0.3) is 5.91 Å². The summed E-state index contributed by atoms with van der Waals surface area (Å²) >= 11 is 6.97. The average Bonchev–Trinajstić information content (AvgIpc) is 2.44. The molecule has 0 radical (unpaired) electrons. The highest BCUT2D eigenvalue weighted by molar-refractivity contribution is 9.09. The van der Waals surface area contributed by atoms with Gasteiger partial charge in [-0.2, -0.15) is 0 Å². The molecule has 4 heteroatoms. The van der Waals surface area contributed by atoms with Gasteiger partial charge in [-0.25, -0.2) is 0 Å². The fraction of sp³-hybridized carbons (Fsp3) is 0.562. The topological polar surface area (TPSA) is 29.1 Å². The highest BCUT2D eigenvalue weighted by Crippen LogP contribution is 2.23. The van der Waals surface area contributed by atoms with E-state index in [4.69, 9.17) is 0 Å². The Morgan fingerprint density at radius 2 is 1.60 bits per heavy atom. The predicted molar refractivity (Wildman–Crippen MR) is 93.2 cm³/mol. The first-order valence-corrected chi connectivity index (χ1v) is 9.07. The Hall–Kier alpha value is -0.350. The lowest BCUT2D eigenvalue weighted by molar-refractivity contribution is 0.0915. The summed E-state index contributed by atoms with van der Waals surface area (Å²) in [4.78, 5) is 12.3. The molecule has 0 aliphatic rings. The van der Waals surface area contributed by atoms with Crippen molar-refractivity contribution in [3.63, 3.8) is 0 Å². The largest absolute Gasteiger partial charge is 0.345 e. The van der Waals surface area contributed by atoms with Crippen LogP contribution in [0.4, 0.5) is 0 Å². The normalized spacial score (nSPS) is 12.3. The molecule has 0 fully saturated rings. The lowest BCUT2D eigenvalue weighted by Gasteiger charge is -2.30. The van der Waals surface area contributed by atoms with E-state index in [2.05, 4.69) is 64.9 Å². The Morgan fingerprint density at radius 1 is 1.10 bits per heavy atom. The summed E-state index contributed by atoms with van der Waals surface area (Å²) in [7, 11) is 0. The third-order valence-corrected chi connectivity index (χ3v) is 5.73. The standard InChI is InChI=1S/C16H23Br2NO/c1-5-16(10-17,11-18)19-14(20)12-6-8-13(9-7-12)15(2,3)4/h6-9H,5,10-11H2,1-4H3,(H,19,20). The van der Waals surface area contributed by atoms with Crippen molar-refractivity contribution in [3.05, 3.63) is 35.4 Å². The van der Waals surface area contributed by atoms with E-state index >= 15 is 0 Å². The number of alkyl halides is 2. The van der Waals surface area contributed by atoms with Crippen LogP contribution in [0.5, 0.6) is 0 Å². The van der Waals surface area contributed by atoms with Crippen LogP contribution in [0.25, 0.3) is 0 Å². The third kappa shape index (κ3) is 4.32. The Kier molecular flexibility index (Phi) is 6.26. The minimum absolute atomic E-state index is 0.0220. The second-order valence-electron chi connectivity index (χ2n) is 6.18. The van der Waals surface area contributed by atoms with Crippen molar-refractivity contribution < 1.29 is 4.79 Å². The van der Waals surface area contributed by atoms with E-state index < -0.39 is 0 Å². The van der Waals surface area contributed by atoms with E-state index in [-0.39, 0.29) is 16.9 Å². The number of hydrogen-bond acceptors (Lipinski definition) is 1. The van der Waals surface area contributed by atoms with Crippen LogP contribution in [0.2, 0.25) is 0 Å². The minimum atomic E-state index is -0.236. The van der Waals surface area contributed by atoms with Gasteiger partial charge in [0, 0.05) is 16.2 Å². The van der Waals surface area contributed by atoms with Crippen molar-refractivity contribution in [2.24, 2.45) is 0 Å². The maximum absolute atomic E-state index is 12.3. The minimum Gasteiger partial charge on any atom is -0.345 e. The number of rotatable bonds is 5. The molecular formula is C16H23Br2NO. The van der Waals surface area contributed by atoms with Gasteiger partial charge < -0.3 is 5.32 Å². The van der Waals surface area contributed by atoms with Gasteiger partial charge in [0.2, 0.25) is 0 Å². The van der Waals surface area contributed by atoms with E-state index in [0.717, 1.165) is 17.1 Å². The van der Waals surface area contributed by atoms with Gasteiger partial charge in [-0.3, -0.25) is 4.79 Å². The first-order chi connectivity index (χ1) is 9.28.